The number of hydrogen-bond acceptors (Lipinski definition) is 3. The summed E-state index contributed by atoms with van der Waals surface area (Å²) in [7, 11) is 0. The van der Waals surface area contributed by atoms with E-state index in [0.717, 1.165) is 25.7 Å². The van der Waals surface area contributed by atoms with Crippen molar-refractivity contribution in [2.24, 2.45) is 0 Å². The summed E-state index contributed by atoms with van der Waals surface area (Å²) in [4.78, 5) is 12.3. The van der Waals surface area contributed by atoms with E-state index in [0.29, 0.717) is 12.8 Å². The second-order valence-corrected chi connectivity index (χ2v) is 11.6. The third-order valence-electron chi connectivity index (χ3n) is 7.78. The highest BCUT2D eigenvalue weighted by atomic mass is 16.3. The highest BCUT2D eigenvalue weighted by Crippen LogP contribution is 2.14. The van der Waals surface area contributed by atoms with Crippen LogP contribution in [0.4, 0.5) is 0 Å². The molecule has 1 amide bonds. The zero-order valence-electron chi connectivity index (χ0n) is 25.7. The Kier molecular flexibility index (Phi) is 30.0. The van der Waals surface area contributed by atoms with Crippen LogP contribution in [0.25, 0.3) is 0 Å². The minimum absolute atomic E-state index is 0.0420. The van der Waals surface area contributed by atoms with Crippen molar-refractivity contribution in [3.05, 3.63) is 12.2 Å². The summed E-state index contributed by atoms with van der Waals surface area (Å²) in [5.41, 5.74) is 0. The van der Waals surface area contributed by atoms with Gasteiger partial charge in [0.2, 0.25) is 5.91 Å². The third kappa shape index (κ3) is 26.7. The van der Waals surface area contributed by atoms with Crippen LogP contribution in [0.1, 0.15) is 181 Å². The zero-order chi connectivity index (χ0) is 27.9. The largest absolute Gasteiger partial charge is 0.394 e. The normalized spacial score (nSPS) is 13.3. The van der Waals surface area contributed by atoms with Crippen molar-refractivity contribution in [3.8, 4) is 0 Å². The number of hydrogen-bond donors (Lipinski definition) is 3. The lowest BCUT2D eigenvalue weighted by atomic mass is 10.0. The van der Waals surface area contributed by atoms with Crippen molar-refractivity contribution < 1.29 is 15.0 Å². The molecule has 3 N–H and O–H groups in total. The molecule has 0 rings (SSSR count). The van der Waals surface area contributed by atoms with Gasteiger partial charge < -0.3 is 15.5 Å². The molecule has 0 aliphatic carbocycles. The van der Waals surface area contributed by atoms with Gasteiger partial charge in [-0.05, 0) is 38.5 Å². The van der Waals surface area contributed by atoms with Crippen molar-refractivity contribution in [1.82, 2.24) is 5.32 Å². The first-order chi connectivity index (χ1) is 18.7. The first-order valence-electron chi connectivity index (χ1n) is 16.9. The summed E-state index contributed by atoms with van der Waals surface area (Å²) in [6, 6.07) is -0.534. The number of aliphatic hydroxyl groups excluding tert-OH is 2. The molecular formula is C34H67NO3. The molecule has 0 aromatic carbocycles. The molecule has 0 radical (unpaired) electrons. The summed E-state index contributed by atoms with van der Waals surface area (Å²) < 4.78 is 0. The minimum atomic E-state index is -0.656. The number of carbonyl (C=O) groups is 1. The lowest BCUT2D eigenvalue weighted by molar-refractivity contribution is -0.123. The Bertz CT molecular complexity index is 508. The number of carbonyl (C=O) groups excluding carboxylic acids is 1. The molecule has 4 heteroatoms. The molecule has 226 valence electrons. The molecule has 0 bridgehead atoms. The van der Waals surface area contributed by atoms with E-state index < -0.39 is 12.1 Å². The van der Waals surface area contributed by atoms with Gasteiger partial charge in [-0.2, -0.15) is 0 Å². The maximum Gasteiger partial charge on any atom is 0.220 e. The molecule has 38 heavy (non-hydrogen) atoms. The Balaban J connectivity index is 3.59. The van der Waals surface area contributed by atoms with E-state index in [2.05, 4.69) is 31.3 Å². The number of allylic oxidation sites excluding steroid dienone is 2. The number of unbranched alkanes of at least 4 members (excludes halogenated alkanes) is 21. The highest BCUT2D eigenvalue weighted by molar-refractivity contribution is 5.76. The fourth-order valence-electron chi connectivity index (χ4n) is 5.12. The fraction of sp³-hybridized carbons (Fsp3) is 0.912. The molecule has 0 fully saturated rings. The smallest absolute Gasteiger partial charge is 0.220 e. The van der Waals surface area contributed by atoms with E-state index in [-0.39, 0.29) is 12.5 Å². The van der Waals surface area contributed by atoms with Gasteiger partial charge >= 0.3 is 0 Å². The number of aliphatic hydroxyl groups is 2. The standard InChI is InChI=1S/C34H67NO3/c1-3-5-7-9-11-13-15-16-17-18-20-22-24-26-28-30-34(38)35-32(31-36)33(37)29-27-25-23-21-19-14-12-10-8-6-4-2/h16-17,32-33,36-37H,3-15,18-31H2,1-2H3,(H,35,38)/b17-16-/t32-,33+/m0/s1. The molecule has 0 heterocycles. The lowest BCUT2D eigenvalue weighted by Crippen LogP contribution is -2.45. The minimum Gasteiger partial charge on any atom is -0.394 e. The molecule has 4 nitrogen and oxygen atoms in total. The van der Waals surface area contributed by atoms with Crippen LogP contribution < -0.4 is 5.32 Å². The van der Waals surface area contributed by atoms with E-state index in [1.165, 1.54) is 128 Å². The number of nitrogens with one attached hydrogen (secondary N) is 1. The van der Waals surface area contributed by atoms with Gasteiger partial charge in [-0.1, -0.05) is 148 Å². The number of rotatable bonds is 30. The van der Waals surface area contributed by atoms with E-state index >= 15 is 0 Å². The first kappa shape index (κ1) is 37.1. The Morgan fingerprint density at radius 2 is 1.00 bits per heavy atom. The lowest BCUT2D eigenvalue weighted by Gasteiger charge is -2.22. The molecule has 0 saturated carbocycles. The fourth-order valence-corrected chi connectivity index (χ4v) is 5.12. The summed E-state index contributed by atoms with van der Waals surface area (Å²) in [5.74, 6) is -0.0420. The Morgan fingerprint density at radius 1 is 0.605 bits per heavy atom. The Hall–Kier alpha value is -0.870. The van der Waals surface area contributed by atoms with E-state index in [4.69, 9.17) is 0 Å². The van der Waals surface area contributed by atoms with Crippen LogP contribution in [0.5, 0.6) is 0 Å². The SMILES string of the molecule is CCCCCCCC/C=C\CCCCCCCC(=O)N[C@@H](CO)[C@H](O)CCCCCCCCCCCCC. The molecule has 0 aromatic heterocycles. The maximum absolute atomic E-state index is 12.3. The van der Waals surface area contributed by atoms with Crippen molar-refractivity contribution in [1.29, 1.82) is 0 Å². The van der Waals surface area contributed by atoms with Gasteiger partial charge in [0.05, 0.1) is 18.8 Å². The van der Waals surface area contributed by atoms with Crippen molar-refractivity contribution in [3.63, 3.8) is 0 Å². The van der Waals surface area contributed by atoms with Gasteiger partial charge in [0.25, 0.3) is 0 Å². The Labute approximate surface area is 237 Å². The molecule has 2 atom stereocenters. The number of amides is 1. The van der Waals surface area contributed by atoms with Crippen LogP contribution >= 0.6 is 0 Å². The van der Waals surface area contributed by atoms with Gasteiger partial charge in [-0.25, -0.2) is 0 Å². The topological polar surface area (TPSA) is 69.6 Å². The third-order valence-corrected chi connectivity index (χ3v) is 7.78. The first-order valence-corrected chi connectivity index (χ1v) is 16.9. The molecule has 0 aliphatic rings. The summed E-state index contributed by atoms with van der Waals surface area (Å²) in [6.07, 6.45) is 35.4. The van der Waals surface area contributed by atoms with Crippen LogP contribution in [-0.2, 0) is 4.79 Å². The van der Waals surface area contributed by atoms with E-state index in [1.54, 1.807) is 0 Å². The zero-order valence-corrected chi connectivity index (χ0v) is 25.7. The highest BCUT2D eigenvalue weighted by Gasteiger charge is 2.19. The predicted octanol–water partition coefficient (Wildman–Crippen LogP) is 9.56. The van der Waals surface area contributed by atoms with E-state index in [9.17, 15) is 15.0 Å². The average molecular weight is 538 g/mol. The van der Waals surface area contributed by atoms with Gasteiger partial charge in [0, 0.05) is 6.42 Å². The van der Waals surface area contributed by atoms with E-state index in [1.807, 2.05) is 0 Å². The second-order valence-electron chi connectivity index (χ2n) is 11.6. The molecular weight excluding hydrogens is 470 g/mol. The van der Waals surface area contributed by atoms with Crippen molar-refractivity contribution in [2.75, 3.05) is 6.61 Å². The van der Waals surface area contributed by atoms with Crippen LogP contribution in [0, 0.1) is 0 Å². The van der Waals surface area contributed by atoms with Crippen LogP contribution in [0.2, 0.25) is 0 Å². The van der Waals surface area contributed by atoms with Gasteiger partial charge in [-0.3, -0.25) is 4.79 Å². The predicted molar refractivity (Wildman–Crippen MR) is 166 cm³/mol. The van der Waals surface area contributed by atoms with Gasteiger partial charge in [-0.15, -0.1) is 0 Å². The van der Waals surface area contributed by atoms with Crippen molar-refractivity contribution in [2.45, 2.75) is 193 Å². The van der Waals surface area contributed by atoms with Crippen molar-refractivity contribution >= 4 is 5.91 Å². The Morgan fingerprint density at radius 3 is 1.45 bits per heavy atom. The molecule has 0 saturated heterocycles. The molecule has 0 aliphatic heterocycles. The summed E-state index contributed by atoms with van der Waals surface area (Å²) in [5, 5.41) is 22.9. The van der Waals surface area contributed by atoms with Crippen LogP contribution in [0.15, 0.2) is 12.2 Å². The van der Waals surface area contributed by atoms with Gasteiger partial charge in [0.1, 0.15) is 0 Å². The monoisotopic (exact) mass is 538 g/mol. The van der Waals surface area contributed by atoms with Crippen LogP contribution in [-0.4, -0.2) is 34.9 Å². The van der Waals surface area contributed by atoms with Gasteiger partial charge in [0.15, 0.2) is 0 Å². The molecule has 0 spiro atoms. The molecule has 0 unspecified atom stereocenters. The maximum atomic E-state index is 12.3. The summed E-state index contributed by atoms with van der Waals surface area (Å²) >= 11 is 0. The summed E-state index contributed by atoms with van der Waals surface area (Å²) in [6.45, 7) is 4.33. The average Bonchev–Trinajstić information content (AvgIpc) is 2.92. The van der Waals surface area contributed by atoms with Crippen LogP contribution in [0.3, 0.4) is 0 Å². The molecule has 0 aromatic rings. The second kappa shape index (κ2) is 30.7. The quantitative estimate of drug-likeness (QED) is 0.0631.